The molecule has 27 heavy (non-hydrogen) atoms. The highest BCUT2D eigenvalue weighted by Gasteiger charge is 2.42. The van der Waals surface area contributed by atoms with E-state index in [1.807, 2.05) is 23.9 Å². The van der Waals surface area contributed by atoms with Crippen LogP contribution in [-0.4, -0.2) is 82.9 Å². The van der Waals surface area contributed by atoms with Gasteiger partial charge in [0.1, 0.15) is 23.9 Å². The summed E-state index contributed by atoms with van der Waals surface area (Å²) in [6.45, 7) is 3.85. The lowest BCUT2D eigenvalue weighted by Crippen LogP contribution is -2.45. The van der Waals surface area contributed by atoms with Crippen molar-refractivity contribution in [3.63, 3.8) is 0 Å². The Hall–Kier alpha value is -1.78. The largest absolute Gasteiger partial charge is 0.390 e. The lowest BCUT2D eigenvalue weighted by Gasteiger charge is -2.25. The summed E-state index contributed by atoms with van der Waals surface area (Å²) in [6, 6.07) is 1.73. The van der Waals surface area contributed by atoms with Gasteiger partial charge in [0.25, 0.3) is 0 Å². The summed E-state index contributed by atoms with van der Waals surface area (Å²) >= 11 is 0. The summed E-state index contributed by atoms with van der Waals surface area (Å²) < 4.78 is 7.64. The van der Waals surface area contributed by atoms with Gasteiger partial charge in [-0.05, 0) is 12.5 Å². The third kappa shape index (κ3) is 3.65. The van der Waals surface area contributed by atoms with Crippen LogP contribution >= 0.6 is 0 Å². The molecule has 0 spiro atoms. The summed E-state index contributed by atoms with van der Waals surface area (Å²) in [6.07, 6.45) is 2.67. The lowest BCUT2D eigenvalue weighted by atomic mass is 10.1. The van der Waals surface area contributed by atoms with E-state index in [9.17, 15) is 10.2 Å². The minimum atomic E-state index is -0.826. The number of morpholine rings is 1. The summed E-state index contributed by atoms with van der Waals surface area (Å²) in [7, 11) is 1.82. The molecule has 2 fully saturated rings. The molecule has 0 amide bonds. The second-order valence-corrected chi connectivity index (χ2v) is 7.33. The van der Waals surface area contributed by atoms with Gasteiger partial charge in [-0.2, -0.15) is 0 Å². The van der Waals surface area contributed by atoms with Gasteiger partial charge in [0.05, 0.1) is 30.2 Å². The van der Waals surface area contributed by atoms with Crippen LogP contribution in [0.4, 0.5) is 5.82 Å². The number of aromatic nitrogens is 3. The van der Waals surface area contributed by atoms with E-state index in [1.54, 1.807) is 0 Å². The van der Waals surface area contributed by atoms with E-state index in [4.69, 9.17) is 4.74 Å². The molecule has 1 aliphatic carbocycles. The molecule has 0 radical (unpaired) electrons. The van der Waals surface area contributed by atoms with Crippen LogP contribution in [0.1, 0.15) is 12.5 Å². The highest BCUT2D eigenvalue weighted by Crippen LogP contribution is 2.37. The van der Waals surface area contributed by atoms with Crippen molar-refractivity contribution in [1.82, 2.24) is 25.2 Å². The van der Waals surface area contributed by atoms with Crippen LogP contribution in [0, 0.1) is 5.92 Å². The SMILES string of the molecule is CNc1ncnc2c1ccn2[C@@H]1C[C@@H](CNCC2CNCCO2)[C@@H](O)[C@H]1O. The lowest BCUT2D eigenvalue weighted by molar-refractivity contribution is 0.00418. The molecule has 3 heterocycles. The predicted molar refractivity (Wildman–Crippen MR) is 102 cm³/mol. The fourth-order valence-electron chi connectivity index (χ4n) is 4.20. The molecule has 5 N–H and O–H groups in total. The van der Waals surface area contributed by atoms with Crippen LogP contribution in [0.15, 0.2) is 18.6 Å². The highest BCUT2D eigenvalue weighted by molar-refractivity contribution is 5.87. The predicted octanol–water partition coefficient (Wildman–Crippen LogP) is -0.666. The van der Waals surface area contributed by atoms with Crippen LogP contribution in [0.25, 0.3) is 11.0 Å². The van der Waals surface area contributed by atoms with Gasteiger partial charge in [-0.3, -0.25) is 0 Å². The van der Waals surface area contributed by atoms with Crippen LogP contribution in [-0.2, 0) is 4.74 Å². The normalized spacial score (nSPS) is 31.4. The number of hydrogen-bond acceptors (Lipinski definition) is 8. The van der Waals surface area contributed by atoms with Crippen LogP contribution < -0.4 is 16.0 Å². The molecule has 9 nitrogen and oxygen atoms in total. The molecule has 2 aliphatic rings. The number of aliphatic hydroxyl groups is 2. The smallest absolute Gasteiger partial charge is 0.145 e. The van der Waals surface area contributed by atoms with Crippen molar-refractivity contribution in [3.05, 3.63) is 18.6 Å². The van der Waals surface area contributed by atoms with Crippen LogP contribution in [0.2, 0.25) is 0 Å². The number of hydrogen-bond donors (Lipinski definition) is 5. The minimum Gasteiger partial charge on any atom is -0.390 e. The molecular weight excluding hydrogens is 348 g/mol. The number of nitrogens with one attached hydrogen (secondary N) is 3. The molecule has 2 aromatic rings. The van der Waals surface area contributed by atoms with E-state index < -0.39 is 12.2 Å². The zero-order valence-electron chi connectivity index (χ0n) is 15.5. The molecule has 148 valence electrons. The molecular formula is C18H28N6O3. The van der Waals surface area contributed by atoms with E-state index in [0.29, 0.717) is 13.0 Å². The van der Waals surface area contributed by atoms with E-state index in [0.717, 1.165) is 43.1 Å². The Morgan fingerprint density at radius 3 is 2.96 bits per heavy atom. The summed E-state index contributed by atoms with van der Waals surface area (Å²) in [5.41, 5.74) is 0.765. The maximum Gasteiger partial charge on any atom is 0.145 e. The zero-order chi connectivity index (χ0) is 18.8. The number of anilines is 1. The first-order valence-electron chi connectivity index (χ1n) is 9.57. The first kappa shape index (κ1) is 18.6. The van der Waals surface area contributed by atoms with E-state index in [2.05, 4.69) is 25.9 Å². The standard InChI is InChI=1S/C18H28N6O3/c1-19-17-13-2-4-24(18(13)23-10-22-17)14-6-11(15(25)16(14)26)7-21-9-12-8-20-3-5-27-12/h2,4,10-12,14-16,20-21,25-26H,3,5-9H2,1H3,(H,19,22,23)/t11-,12?,14+,15+,16-/m0/s1. The van der Waals surface area contributed by atoms with Crippen molar-refractivity contribution in [3.8, 4) is 0 Å². The molecule has 1 saturated carbocycles. The molecule has 1 aliphatic heterocycles. The number of nitrogens with zero attached hydrogens (tertiary/aromatic N) is 3. The van der Waals surface area contributed by atoms with Gasteiger partial charge in [-0.25, -0.2) is 9.97 Å². The molecule has 0 bridgehead atoms. The van der Waals surface area contributed by atoms with Crippen molar-refractivity contribution in [2.75, 3.05) is 45.2 Å². The van der Waals surface area contributed by atoms with E-state index in [1.165, 1.54) is 6.33 Å². The fraction of sp³-hybridized carbons (Fsp3) is 0.667. The average molecular weight is 376 g/mol. The van der Waals surface area contributed by atoms with Crippen molar-refractivity contribution in [1.29, 1.82) is 0 Å². The second-order valence-electron chi connectivity index (χ2n) is 7.33. The average Bonchev–Trinajstić information content (AvgIpc) is 3.25. The van der Waals surface area contributed by atoms with Gasteiger partial charge >= 0.3 is 0 Å². The molecule has 2 aromatic heterocycles. The van der Waals surface area contributed by atoms with Crippen LogP contribution in [0.5, 0.6) is 0 Å². The maximum absolute atomic E-state index is 10.6. The molecule has 5 atom stereocenters. The van der Waals surface area contributed by atoms with Gasteiger partial charge in [0.2, 0.25) is 0 Å². The maximum atomic E-state index is 10.6. The number of fused-ring (bicyclic) bond motifs is 1. The third-order valence-electron chi connectivity index (χ3n) is 5.66. The summed E-state index contributed by atoms with van der Waals surface area (Å²) in [4.78, 5) is 8.61. The minimum absolute atomic E-state index is 0.0235. The Kier molecular flexibility index (Phi) is 5.55. The quantitative estimate of drug-likeness (QED) is 0.451. The summed E-state index contributed by atoms with van der Waals surface area (Å²) in [5.74, 6) is 0.732. The topological polar surface area (TPSA) is 116 Å². The first-order valence-corrected chi connectivity index (χ1v) is 9.57. The Morgan fingerprint density at radius 1 is 1.30 bits per heavy atom. The van der Waals surface area contributed by atoms with Crippen molar-refractivity contribution < 1.29 is 14.9 Å². The molecule has 1 unspecified atom stereocenters. The zero-order valence-corrected chi connectivity index (χ0v) is 15.5. The molecule has 4 rings (SSSR count). The Bertz CT molecular complexity index is 763. The Morgan fingerprint density at radius 2 is 2.19 bits per heavy atom. The van der Waals surface area contributed by atoms with E-state index in [-0.39, 0.29) is 18.1 Å². The number of rotatable bonds is 6. The van der Waals surface area contributed by atoms with Gasteiger partial charge in [0.15, 0.2) is 0 Å². The highest BCUT2D eigenvalue weighted by atomic mass is 16.5. The molecule has 1 saturated heterocycles. The monoisotopic (exact) mass is 376 g/mol. The van der Waals surface area contributed by atoms with Gasteiger partial charge in [-0.15, -0.1) is 0 Å². The van der Waals surface area contributed by atoms with Gasteiger partial charge in [0, 0.05) is 45.3 Å². The Labute approximate surface area is 158 Å². The van der Waals surface area contributed by atoms with Crippen molar-refractivity contribution in [2.24, 2.45) is 5.92 Å². The number of ether oxygens (including phenoxy) is 1. The van der Waals surface area contributed by atoms with Crippen LogP contribution in [0.3, 0.4) is 0 Å². The van der Waals surface area contributed by atoms with Crippen molar-refractivity contribution >= 4 is 16.9 Å². The summed E-state index contributed by atoms with van der Waals surface area (Å²) in [5, 5.41) is 31.8. The molecule has 0 aromatic carbocycles. The van der Waals surface area contributed by atoms with Gasteiger partial charge < -0.3 is 35.5 Å². The number of aliphatic hydroxyl groups excluding tert-OH is 2. The molecule has 9 heteroatoms. The Balaban J connectivity index is 1.42. The third-order valence-corrected chi connectivity index (χ3v) is 5.66. The second kappa shape index (κ2) is 8.07. The van der Waals surface area contributed by atoms with Gasteiger partial charge in [-0.1, -0.05) is 0 Å². The van der Waals surface area contributed by atoms with E-state index >= 15 is 0 Å². The van der Waals surface area contributed by atoms with Crippen molar-refractivity contribution in [2.45, 2.75) is 30.8 Å². The first-order chi connectivity index (χ1) is 13.2. The fourth-order valence-corrected chi connectivity index (χ4v) is 4.20.